The maximum Gasteiger partial charge on any atom is 0.263 e. The maximum absolute atomic E-state index is 12.5. The van der Waals surface area contributed by atoms with Crippen molar-refractivity contribution in [3.8, 4) is 0 Å². The van der Waals surface area contributed by atoms with E-state index in [1.54, 1.807) is 6.20 Å². The van der Waals surface area contributed by atoms with Gasteiger partial charge in [-0.3, -0.25) is 14.3 Å². The first-order chi connectivity index (χ1) is 12.5. The molecule has 138 valence electrons. The van der Waals surface area contributed by atoms with Gasteiger partial charge in [-0.2, -0.15) is 5.10 Å². The molecule has 2 N–H and O–H groups in total. The average Bonchev–Trinajstić information content (AvgIpc) is 3.17. The predicted molar refractivity (Wildman–Crippen MR) is 98.0 cm³/mol. The molecular weight excluding hydrogens is 350 g/mol. The van der Waals surface area contributed by atoms with Crippen LogP contribution >= 0.6 is 11.3 Å². The Morgan fingerprint density at radius 1 is 1.23 bits per heavy atom. The monoisotopic (exact) mass is 373 g/mol. The molecule has 0 radical (unpaired) electrons. The van der Waals surface area contributed by atoms with E-state index in [1.807, 2.05) is 24.6 Å². The number of hydrogen-bond donors (Lipinski definition) is 2. The molecule has 4 rings (SSSR count). The van der Waals surface area contributed by atoms with Gasteiger partial charge in [-0.25, -0.2) is 4.98 Å². The summed E-state index contributed by atoms with van der Waals surface area (Å²) < 4.78 is 1.93. The summed E-state index contributed by atoms with van der Waals surface area (Å²) in [7, 11) is 0. The van der Waals surface area contributed by atoms with Gasteiger partial charge < -0.3 is 10.6 Å². The third-order valence-electron chi connectivity index (χ3n) is 5.25. The highest BCUT2D eigenvalue weighted by atomic mass is 32.1. The van der Waals surface area contributed by atoms with Crippen molar-refractivity contribution in [3.05, 3.63) is 33.5 Å². The second-order valence-corrected chi connectivity index (χ2v) is 8.44. The van der Waals surface area contributed by atoms with Gasteiger partial charge in [0.15, 0.2) is 0 Å². The van der Waals surface area contributed by atoms with Crippen LogP contribution in [-0.2, 0) is 17.8 Å². The van der Waals surface area contributed by atoms with Crippen LogP contribution in [0.25, 0.3) is 0 Å². The summed E-state index contributed by atoms with van der Waals surface area (Å²) in [6.07, 6.45) is 5.13. The zero-order chi connectivity index (χ0) is 18.3. The van der Waals surface area contributed by atoms with Crippen LogP contribution in [0, 0.1) is 19.8 Å². The van der Waals surface area contributed by atoms with Crippen LogP contribution < -0.4 is 10.6 Å². The van der Waals surface area contributed by atoms with Crippen molar-refractivity contribution >= 4 is 23.2 Å². The van der Waals surface area contributed by atoms with Crippen LogP contribution in [0.3, 0.4) is 0 Å². The molecule has 1 aliphatic carbocycles. The standard InChI is InChI=1S/C18H23N5O2S/c1-10-16(26-11(2)20-10)18(25)22-14-7-13(8-14)21-17(24)12-3-4-15-5-6-19-23(15)9-12/h5-6,12-14H,3-4,7-9H2,1-2H3,(H,21,24)(H,22,25). The summed E-state index contributed by atoms with van der Waals surface area (Å²) in [6.45, 7) is 4.42. The van der Waals surface area contributed by atoms with Gasteiger partial charge >= 0.3 is 0 Å². The Balaban J connectivity index is 1.23. The molecule has 0 saturated heterocycles. The van der Waals surface area contributed by atoms with Crippen LogP contribution in [0.15, 0.2) is 12.3 Å². The van der Waals surface area contributed by atoms with Crippen molar-refractivity contribution < 1.29 is 9.59 Å². The molecule has 2 aromatic rings. The molecular formula is C18H23N5O2S. The summed E-state index contributed by atoms with van der Waals surface area (Å²) in [5, 5.41) is 11.3. The molecule has 1 fully saturated rings. The number of carbonyl (C=O) groups excluding carboxylic acids is 2. The number of aryl methyl sites for hydroxylation is 3. The minimum absolute atomic E-state index is 0.0149. The topological polar surface area (TPSA) is 88.9 Å². The van der Waals surface area contributed by atoms with Crippen LogP contribution in [0.1, 0.15) is 45.3 Å². The molecule has 1 atom stereocenters. The quantitative estimate of drug-likeness (QED) is 0.852. The summed E-state index contributed by atoms with van der Waals surface area (Å²) in [5.41, 5.74) is 1.98. The van der Waals surface area contributed by atoms with E-state index in [2.05, 4.69) is 20.7 Å². The van der Waals surface area contributed by atoms with Gasteiger partial charge in [0.2, 0.25) is 5.91 Å². The molecule has 0 bridgehead atoms. The van der Waals surface area contributed by atoms with Crippen molar-refractivity contribution in [2.75, 3.05) is 0 Å². The largest absolute Gasteiger partial charge is 0.353 e. The van der Waals surface area contributed by atoms with E-state index in [1.165, 1.54) is 17.0 Å². The maximum atomic E-state index is 12.5. The second-order valence-electron chi connectivity index (χ2n) is 7.23. The van der Waals surface area contributed by atoms with Crippen LogP contribution in [0.4, 0.5) is 0 Å². The van der Waals surface area contributed by atoms with E-state index in [-0.39, 0.29) is 29.8 Å². The average molecular weight is 373 g/mol. The van der Waals surface area contributed by atoms with E-state index in [9.17, 15) is 9.59 Å². The van der Waals surface area contributed by atoms with Gasteiger partial charge in [0.05, 0.1) is 23.2 Å². The Morgan fingerprint density at radius 2 is 2.00 bits per heavy atom. The highest BCUT2D eigenvalue weighted by Crippen LogP contribution is 2.24. The SMILES string of the molecule is Cc1nc(C)c(C(=O)NC2CC(NC(=O)C3CCc4ccnn4C3)C2)s1. The first-order valence-corrected chi connectivity index (χ1v) is 9.87. The second kappa shape index (κ2) is 6.83. The molecule has 1 aliphatic heterocycles. The summed E-state index contributed by atoms with van der Waals surface area (Å²) in [6, 6.07) is 2.29. The fourth-order valence-corrected chi connectivity index (χ4v) is 4.56. The fraction of sp³-hybridized carbons (Fsp3) is 0.556. The van der Waals surface area contributed by atoms with Crippen molar-refractivity contribution in [3.63, 3.8) is 0 Å². The van der Waals surface area contributed by atoms with Gasteiger partial charge in [0.1, 0.15) is 4.88 Å². The lowest BCUT2D eigenvalue weighted by molar-refractivity contribution is -0.127. The number of carbonyl (C=O) groups is 2. The van der Waals surface area contributed by atoms with E-state index in [4.69, 9.17) is 0 Å². The molecule has 1 unspecified atom stereocenters. The molecule has 3 heterocycles. The molecule has 26 heavy (non-hydrogen) atoms. The Morgan fingerprint density at radius 3 is 2.73 bits per heavy atom. The number of amides is 2. The van der Waals surface area contributed by atoms with Crippen LogP contribution in [0.5, 0.6) is 0 Å². The first-order valence-electron chi connectivity index (χ1n) is 9.05. The van der Waals surface area contributed by atoms with E-state index in [0.717, 1.165) is 36.4 Å². The first kappa shape index (κ1) is 17.2. The molecule has 7 nitrogen and oxygen atoms in total. The zero-order valence-electron chi connectivity index (χ0n) is 15.0. The third-order valence-corrected chi connectivity index (χ3v) is 6.32. The lowest BCUT2D eigenvalue weighted by Gasteiger charge is -2.37. The number of rotatable bonds is 4. The van der Waals surface area contributed by atoms with Crippen LogP contribution in [-0.4, -0.2) is 38.7 Å². The Labute approximate surface area is 156 Å². The Hall–Kier alpha value is -2.22. The van der Waals surface area contributed by atoms with Gasteiger partial charge in [-0.15, -0.1) is 11.3 Å². The van der Waals surface area contributed by atoms with Crippen molar-refractivity contribution in [1.82, 2.24) is 25.4 Å². The number of thiazole rings is 1. The molecule has 2 aromatic heterocycles. The number of fused-ring (bicyclic) bond motifs is 1. The van der Waals surface area contributed by atoms with Gasteiger partial charge in [-0.1, -0.05) is 0 Å². The molecule has 0 aromatic carbocycles. The third kappa shape index (κ3) is 3.38. The number of nitrogens with one attached hydrogen (secondary N) is 2. The van der Waals surface area contributed by atoms with E-state index >= 15 is 0 Å². The summed E-state index contributed by atoms with van der Waals surface area (Å²) in [4.78, 5) is 29.8. The van der Waals surface area contributed by atoms with E-state index in [0.29, 0.717) is 11.4 Å². The summed E-state index contributed by atoms with van der Waals surface area (Å²) in [5.74, 6) is 0.0371. The minimum atomic E-state index is -0.0543. The summed E-state index contributed by atoms with van der Waals surface area (Å²) >= 11 is 1.42. The normalized spacial score (nSPS) is 24.5. The smallest absolute Gasteiger partial charge is 0.263 e. The predicted octanol–water partition coefficient (Wildman–Crippen LogP) is 1.60. The number of hydrogen-bond acceptors (Lipinski definition) is 5. The van der Waals surface area contributed by atoms with Gasteiger partial charge in [0.25, 0.3) is 5.91 Å². The van der Waals surface area contributed by atoms with Crippen LogP contribution in [0.2, 0.25) is 0 Å². The Kier molecular flexibility index (Phi) is 4.52. The van der Waals surface area contributed by atoms with Crippen molar-refractivity contribution in [1.29, 1.82) is 0 Å². The lowest BCUT2D eigenvalue weighted by Crippen LogP contribution is -2.55. The van der Waals surface area contributed by atoms with Gasteiger partial charge in [0, 0.05) is 24.0 Å². The minimum Gasteiger partial charge on any atom is -0.353 e. The molecule has 1 saturated carbocycles. The molecule has 8 heteroatoms. The molecule has 2 aliphatic rings. The number of nitrogens with zero attached hydrogens (tertiary/aromatic N) is 3. The highest BCUT2D eigenvalue weighted by molar-refractivity contribution is 7.13. The highest BCUT2D eigenvalue weighted by Gasteiger charge is 2.34. The van der Waals surface area contributed by atoms with E-state index < -0.39 is 0 Å². The van der Waals surface area contributed by atoms with Crippen molar-refractivity contribution in [2.24, 2.45) is 5.92 Å². The van der Waals surface area contributed by atoms with Gasteiger partial charge in [-0.05, 0) is 45.6 Å². The number of aromatic nitrogens is 3. The fourth-order valence-electron chi connectivity index (χ4n) is 3.74. The zero-order valence-corrected chi connectivity index (χ0v) is 15.8. The molecule has 2 amide bonds. The Bertz CT molecular complexity index is 837. The molecule has 0 spiro atoms. The lowest BCUT2D eigenvalue weighted by atomic mass is 9.85. The van der Waals surface area contributed by atoms with Crippen molar-refractivity contribution in [2.45, 2.75) is 58.2 Å².